The molecule has 0 radical (unpaired) electrons. The number of hydrogen-bond acceptors (Lipinski definition) is 1. The third-order valence-corrected chi connectivity index (χ3v) is 3.82. The highest BCUT2D eigenvalue weighted by molar-refractivity contribution is 6.30. The lowest BCUT2D eigenvalue weighted by atomic mass is 9.97. The average molecular weight is 306 g/mol. The number of hydrogen-bond donors (Lipinski definition) is 1. The molecule has 0 aliphatic heterocycles. The predicted octanol–water partition coefficient (Wildman–Crippen LogP) is 5.07. The van der Waals surface area contributed by atoms with E-state index in [4.69, 9.17) is 11.6 Å². The maximum atomic E-state index is 13.6. The minimum Gasteiger partial charge on any atom is -0.310 e. The van der Waals surface area contributed by atoms with Crippen LogP contribution in [0, 0.1) is 12.7 Å². The Morgan fingerprint density at radius 2 is 2.00 bits per heavy atom. The summed E-state index contributed by atoms with van der Waals surface area (Å²) in [5.74, 6) is -0.354. The lowest BCUT2D eigenvalue weighted by Crippen LogP contribution is -2.24. The van der Waals surface area contributed by atoms with Gasteiger partial charge in [0.15, 0.2) is 0 Å². The van der Waals surface area contributed by atoms with Crippen LogP contribution in [0.15, 0.2) is 42.5 Å². The van der Waals surface area contributed by atoms with Crippen molar-refractivity contribution in [2.75, 3.05) is 6.54 Å². The Kier molecular flexibility index (Phi) is 5.77. The van der Waals surface area contributed by atoms with E-state index in [-0.39, 0.29) is 16.9 Å². The monoisotopic (exact) mass is 305 g/mol. The largest absolute Gasteiger partial charge is 0.310 e. The molecule has 1 nitrogen and oxygen atoms in total. The molecule has 0 fully saturated rings. The van der Waals surface area contributed by atoms with Crippen molar-refractivity contribution in [3.05, 3.63) is 70.0 Å². The molecule has 3 heteroatoms. The van der Waals surface area contributed by atoms with Crippen LogP contribution >= 0.6 is 11.6 Å². The van der Waals surface area contributed by atoms with Gasteiger partial charge in [-0.05, 0) is 49.6 Å². The Morgan fingerprint density at radius 3 is 2.67 bits per heavy atom. The van der Waals surface area contributed by atoms with Crippen LogP contribution in [0.3, 0.4) is 0 Å². The van der Waals surface area contributed by atoms with E-state index in [2.05, 4.69) is 43.4 Å². The zero-order valence-electron chi connectivity index (χ0n) is 12.5. The number of rotatable bonds is 6. The van der Waals surface area contributed by atoms with Crippen LogP contribution in [0.2, 0.25) is 5.02 Å². The number of aryl methyl sites for hydroxylation is 1. The molecule has 0 bridgehead atoms. The fourth-order valence-electron chi connectivity index (χ4n) is 2.42. The first kappa shape index (κ1) is 16.0. The van der Waals surface area contributed by atoms with Crippen LogP contribution in [0.1, 0.15) is 36.1 Å². The molecule has 112 valence electrons. The van der Waals surface area contributed by atoms with Crippen molar-refractivity contribution >= 4 is 11.6 Å². The highest BCUT2D eigenvalue weighted by Gasteiger charge is 2.13. The lowest BCUT2D eigenvalue weighted by molar-refractivity contribution is 0.527. The lowest BCUT2D eigenvalue weighted by Gasteiger charge is -2.20. The van der Waals surface area contributed by atoms with Gasteiger partial charge in [-0.3, -0.25) is 0 Å². The molecule has 0 aromatic heterocycles. The second-order valence-corrected chi connectivity index (χ2v) is 5.78. The maximum Gasteiger partial charge on any atom is 0.142 e. The first-order chi connectivity index (χ1) is 10.1. The summed E-state index contributed by atoms with van der Waals surface area (Å²) in [4.78, 5) is 0. The standard InChI is InChI=1S/C18H21ClFN/c1-3-9-21-18(15-6-4-5-13(2)10-15)12-14-7-8-16(19)17(20)11-14/h4-8,10-11,18,21H,3,9,12H2,1-2H3. The summed E-state index contributed by atoms with van der Waals surface area (Å²) >= 11 is 5.75. The van der Waals surface area contributed by atoms with E-state index in [1.54, 1.807) is 6.07 Å². The van der Waals surface area contributed by atoms with Crippen molar-refractivity contribution in [2.24, 2.45) is 0 Å². The summed E-state index contributed by atoms with van der Waals surface area (Å²) in [7, 11) is 0. The van der Waals surface area contributed by atoms with Crippen molar-refractivity contribution in [2.45, 2.75) is 32.7 Å². The van der Waals surface area contributed by atoms with Gasteiger partial charge in [-0.1, -0.05) is 54.4 Å². The van der Waals surface area contributed by atoms with Gasteiger partial charge < -0.3 is 5.32 Å². The van der Waals surface area contributed by atoms with E-state index in [9.17, 15) is 4.39 Å². The summed E-state index contributed by atoms with van der Waals surface area (Å²) in [6, 6.07) is 13.7. The van der Waals surface area contributed by atoms with Gasteiger partial charge in [-0.2, -0.15) is 0 Å². The second kappa shape index (κ2) is 7.58. The van der Waals surface area contributed by atoms with E-state index in [1.807, 2.05) is 6.07 Å². The van der Waals surface area contributed by atoms with E-state index in [1.165, 1.54) is 17.2 Å². The summed E-state index contributed by atoms with van der Waals surface area (Å²) in [6.45, 7) is 5.17. The van der Waals surface area contributed by atoms with E-state index >= 15 is 0 Å². The highest BCUT2D eigenvalue weighted by atomic mass is 35.5. The quantitative estimate of drug-likeness (QED) is 0.785. The molecule has 21 heavy (non-hydrogen) atoms. The number of nitrogens with one attached hydrogen (secondary N) is 1. The van der Waals surface area contributed by atoms with Crippen LogP contribution in [0.4, 0.5) is 4.39 Å². The summed E-state index contributed by atoms with van der Waals surface area (Å²) < 4.78 is 13.6. The van der Waals surface area contributed by atoms with Crippen molar-refractivity contribution in [1.82, 2.24) is 5.32 Å². The summed E-state index contributed by atoms with van der Waals surface area (Å²) in [5.41, 5.74) is 3.42. The zero-order valence-corrected chi connectivity index (χ0v) is 13.3. The van der Waals surface area contributed by atoms with Gasteiger partial charge in [0.25, 0.3) is 0 Å². The SMILES string of the molecule is CCCNC(Cc1ccc(Cl)c(F)c1)c1cccc(C)c1. The summed E-state index contributed by atoms with van der Waals surface area (Å²) in [5, 5.41) is 3.71. The molecule has 0 amide bonds. The number of halogens is 2. The minimum atomic E-state index is -0.354. The molecule has 0 heterocycles. The van der Waals surface area contributed by atoms with Crippen LogP contribution in [0.25, 0.3) is 0 Å². The Bertz CT molecular complexity index is 598. The molecule has 2 aromatic rings. The molecule has 0 saturated carbocycles. The van der Waals surface area contributed by atoms with Crippen molar-refractivity contribution < 1.29 is 4.39 Å². The highest BCUT2D eigenvalue weighted by Crippen LogP contribution is 2.22. The Balaban J connectivity index is 2.21. The normalized spacial score (nSPS) is 12.4. The van der Waals surface area contributed by atoms with E-state index in [0.717, 1.165) is 24.9 Å². The molecule has 2 aromatic carbocycles. The fraction of sp³-hybridized carbons (Fsp3) is 0.333. The third kappa shape index (κ3) is 4.55. The average Bonchev–Trinajstić information content (AvgIpc) is 2.47. The van der Waals surface area contributed by atoms with Crippen LogP contribution in [-0.2, 0) is 6.42 Å². The van der Waals surface area contributed by atoms with Gasteiger partial charge in [0.1, 0.15) is 5.82 Å². The maximum absolute atomic E-state index is 13.6. The van der Waals surface area contributed by atoms with Crippen LogP contribution in [0.5, 0.6) is 0 Å². The van der Waals surface area contributed by atoms with Gasteiger partial charge in [-0.15, -0.1) is 0 Å². The Labute approximate surface area is 131 Å². The molecule has 0 aliphatic carbocycles. The minimum absolute atomic E-state index is 0.173. The topological polar surface area (TPSA) is 12.0 Å². The van der Waals surface area contributed by atoms with Crippen molar-refractivity contribution in [3.8, 4) is 0 Å². The molecule has 0 aliphatic rings. The smallest absolute Gasteiger partial charge is 0.142 e. The third-order valence-electron chi connectivity index (χ3n) is 3.51. The van der Waals surface area contributed by atoms with Crippen molar-refractivity contribution in [3.63, 3.8) is 0 Å². The molecule has 1 N–H and O–H groups in total. The fourth-order valence-corrected chi connectivity index (χ4v) is 2.53. The Morgan fingerprint density at radius 1 is 1.19 bits per heavy atom. The molecule has 0 spiro atoms. The van der Waals surface area contributed by atoms with Gasteiger partial charge in [-0.25, -0.2) is 4.39 Å². The van der Waals surface area contributed by atoms with Crippen molar-refractivity contribution in [1.29, 1.82) is 0 Å². The molecule has 2 rings (SSSR count). The van der Waals surface area contributed by atoms with Gasteiger partial charge >= 0.3 is 0 Å². The molecule has 1 unspecified atom stereocenters. The van der Waals surface area contributed by atoms with Gasteiger partial charge in [0.05, 0.1) is 5.02 Å². The first-order valence-corrected chi connectivity index (χ1v) is 7.72. The second-order valence-electron chi connectivity index (χ2n) is 5.37. The van der Waals surface area contributed by atoms with Gasteiger partial charge in [0, 0.05) is 6.04 Å². The molecular weight excluding hydrogens is 285 g/mol. The molecule has 1 atom stereocenters. The van der Waals surface area contributed by atoms with E-state index in [0.29, 0.717) is 0 Å². The molecular formula is C18H21ClFN. The zero-order chi connectivity index (χ0) is 15.2. The molecule has 0 saturated heterocycles. The van der Waals surface area contributed by atoms with Gasteiger partial charge in [0.2, 0.25) is 0 Å². The van der Waals surface area contributed by atoms with Crippen LogP contribution < -0.4 is 5.32 Å². The number of benzene rings is 2. The Hall–Kier alpha value is -1.38. The first-order valence-electron chi connectivity index (χ1n) is 7.34. The summed E-state index contributed by atoms with van der Waals surface area (Å²) in [6.07, 6.45) is 1.81. The van der Waals surface area contributed by atoms with Crippen LogP contribution in [-0.4, -0.2) is 6.54 Å². The predicted molar refractivity (Wildman–Crippen MR) is 87.3 cm³/mol. The van der Waals surface area contributed by atoms with E-state index < -0.39 is 0 Å².